The van der Waals surface area contributed by atoms with E-state index in [4.69, 9.17) is 0 Å². The van der Waals surface area contributed by atoms with Gasteiger partial charge in [0.25, 0.3) is 0 Å². The van der Waals surface area contributed by atoms with Gasteiger partial charge >= 0.3 is 0 Å². The van der Waals surface area contributed by atoms with E-state index in [0.29, 0.717) is 5.92 Å². The minimum Gasteiger partial charge on any atom is -0.369 e. The second-order valence-corrected chi connectivity index (χ2v) is 5.47. The Kier molecular flexibility index (Phi) is 3.69. The van der Waals surface area contributed by atoms with Crippen molar-refractivity contribution in [3.8, 4) is 5.69 Å². The number of aromatic nitrogens is 3. The van der Waals surface area contributed by atoms with Gasteiger partial charge < -0.3 is 10.2 Å². The zero-order valence-electron chi connectivity index (χ0n) is 12.1. The van der Waals surface area contributed by atoms with Gasteiger partial charge in [-0.15, -0.1) is 10.2 Å². The summed E-state index contributed by atoms with van der Waals surface area (Å²) in [4.78, 5) is 2.42. The lowest BCUT2D eigenvalue weighted by Crippen LogP contribution is -2.43. The highest BCUT2D eigenvalue weighted by Crippen LogP contribution is 2.22. The van der Waals surface area contributed by atoms with Crippen LogP contribution >= 0.6 is 0 Å². The Morgan fingerprint density at radius 2 is 1.90 bits per heavy atom. The summed E-state index contributed by atoms with van der Waals surface area (Å²) < 4.78 is 2.08. The second kappa shape index (κ2) is 5.63. The highest BCUT2D eigenvalue weighted by molar-refractivity contribution is 5.53. The molecular weight excluding hydrogens is 250 g/mol. The monoisotopic (exact) mass is 271 g/mol. The topological polar surface area (TPSA) is 46.0 Å². The van der Waals surface area contributed by atoms with Crippen molar-refractivity contribution in [3.05, 3.63) is 36.4 Å². The third-order valence-corrected chi connectivity index (χ3v) is 3.68. The van der Waals surface area contributed by atoms with Gasteiger partial charge in [-0.2, -0.15) is 0 Å². The van der Waals surface area contributed by atoms with Gasteiger partial charge in [0.1, 0.15) is 12.2 Å². The van der Waals surface area contributed by atoms with Crippen LogP contribution in [-0.2, 0) is 0 Å². The highest BCUT2D eigenvalue weighted by atomic mass is 15.3. The van der Waals surface area contributed by atoms with E-state index in [1.807, 2.05) is 0 Å². The molecule has 3 rings (SSSR count). The molecule has 1 saturated heterocycles. The molecule has 2 heterocycles. The fourth-order valence-corrected chi connectivity index (χ4v) is 2.60. The van der Waals surface area contributed by atoms with E-state index in [1.165, 1.54) is 5.69 Å². The number of nitrogens with one attached hydrogen (secondary N) is 1. The number of benzene rings is 1. The molecule has 1 N–H and O–H groups in total. The lowest BCUT2D eigenvalue weighted by atomic mass is 10.2. The molecule has 0 atom stereocenters. The average Bonchev–Trinajstić information content (AvgIpc) is 2.98. The van der Waals surface area contributed by atoms with Crippen LogP contribution in [0.3, 0.4) is 0 Å². The Hall–Kier alpha value is -1.88. The molecule has 5 heteroatoms. The summed E-state index contributed by atoms with van der Waals surface area (Å²) >= 11 is 0. The molecule has 0 amide bonds. The van der Waals surface area contributed by atoms with E-state index in [1.54, 1.807) is 6.33 Å². The van der Waals surface area contributed by atoms with Crippen LogP contribution in [0.2, 0.25) is 0 Å². The van der Waals surface area contributed by atoms with E-state index in [2.05, 4.69) is 63.1 Å². The summed E-state index contributed by atoms with van der Waals surface area (Å²) in [5.41, 5.74) is 2.40. The maximum absolute atomic E-state index is 4.22. The van der Waals surface area contributed by atoms with Gasteiger partial charge in [-0.25, -0.2) is 0 Å². The molecule has 0 saturated carbocycles. The third kappa shape index (κ3) is 2.54. The Morgan fingerprint density at radius 3 is 2.65 bits per heavy atom. The minimum atomic E-state index is 0.361. The number of nitrogens with zero attached hydrogens (tertiary/aromatic N) is 4. The zero-order chi connectivity index (χ0) is 13.9. The molecule has 1 aromatic heterocycles. The molecule has 0 radical (unpaired) electrons. The Bertz CT molecular complexity index is 569. The molecule has 1 fully saturated rings. The largest absolute Gasteiger partial charge is 0.369 e. The van der Waals surface area contributed by atoms with Crippen molar-refractivity contribution in [3.63, 3.8) is 0 Å². The smallest absolute Gasteiger partial charge is 0.139 e. The number of hydrogen-bond acceptors (Lipinski definition) is 4. The summed E-state index contributed by atoms with van der Waals surface area (Å²) in [5.74, 6) is 1.36. The van der Waals surface area contributed by atoms with Crippen molar-refractivity contribution in [2.45, 2.75) is 19.8 Å². The predicted molar refractivity (Wildman–Crippen MR) is 80.5 cm³/mol. The first-order valence-corrected chi connectivity index (χ1v) is 7.22. The van der Waals surface area contributed by atoms with Gasteiger partial charge in [-0.1, -0.05) is 19.9 Å². The lowest BCUT2D eigenvalue weighted by molar-refractivity contribution is 0.589. The summed E-state index contributed by atoms with van der Waals surface area (Å²) in [5, 5.41) is 11.7. The van der Waals surface area contributed by atoms with Gasteiger partial charge in [0.15, 0.2) is 0 Å². The summed E-state index contributed by atoms with van der Waals surface area (Å²) in [6.07, 6.45) is 1.80. The summed E-state index contributed by atoms with van der Waals surface area (Å²) in [7, 11) is 0. The first-order chi connectivity index (χ1) is 9.75. The van der Waals surface area contributed by atoms with Crippen molar-refractivity contribution in [2.75, 3.05) is 31.1 Å². The second-order valence-electron chi connectivity index (χ2n) is 5.47. The van der Waals surface area contributed by atoms with Crippen LogP contribution in [0.25, 0.3) is 5.69 Å². The number of rotatable bonds is 3. The third-order valence-electron chi connectivity index (χ3n) is 3.68. The molecule has 2 aromatic rings. The molecule has 5 nitrogen and oxygen atoms in total. The zero-order valence-corrected chi connectivity index (χ0v) is 12.1. The Morgan fingerprint density at radius 1 is 1.15 bits per heavy atom. The number of hydrogen-bond donors (Lipinski definition) is 1. The number of anilines is 1. The Labute approximate surface area is 119 Å². The molecule has 1 aliphatic rings. The van der Waals surface area contributed by atoms with E-state index < -0.39 is 0 Å². The van der Waals surface area contributed by atoms with Crippen LogP contribution in [0.15, 0.2) is 30.6 Å². The molecule has 0 unspecified atom stereocenters. The van der Waals surface area contributed by atoms with Gasteiger partial charge in [0.05, 0.1) is 5.69 Å². The molecule has 1 aromatic carbocycles. The van der Waals surface area contributed by atoms with Crippen molar-refractivity contribution < 1.29 is 0 Å². The molecule has 1 aliphatic heterocycles. The molecular formula is C15H21N5. The van der Waals surface area contributed by atoms with Gasteiger partial charge in [0.2, 0.25) is 0 Å². The fourth-order valence-electron chi connectivity index (χ4n) is 2.60. The minimum absolute atomic E-state index is 0.361. The van der Waals surface area contributed by atoms with E-state index >= 15 is 0 Å². The van der Waals surface area contributed by atoms with E-state index in [9.17, 15) is 0 Å². The highest BCUT2D eigenvalue weighted by Gasteiger charge is 2.13. The maximum atomic E-state index is 4.22. The van der Waals surface area contributed by atoms with Crippen molar-refractivity contribution >= 4 is 5.69 Å². The van der Waals surface area contributed by atoms with E-state index in [0.717, 1.165) is 37.7 Å². The number of piperazine rings is 1. The van der Waals surface area contributed by atoms with Gasteiger partial charge in [0, 0.05) is 37.8 Å². The normalized spacial score (nSPS) is 15.8. The van der Waals surface area contributed by atoms with Gasteiger partial charge in [-0.05, 0) is 18.2 Å². The summed E-state index contributed by atoms with van der Waals surface area (Å²) in [6, 6.07) is 8.62. The maximum Gasteiger partial charge on any atom is 0.139 e. The van der Waals surface area contributed by atoms with Crippen LogP contribution in [0.1, 0.15) is 25.6 Å². The lowest BCUT2D eigenvalue weighted by Gasteiger charge is -2.29. The predicted octanol–water partition coefficient (Wildman–Crippen LogP) is 1.80. The average molecular weight is 271 g/mol. The van der Waals surface area contributed by atoms with Crippen LogP contribution in [0, 0.1) is 0 Å². The molecule has 0 bridgehead atoms. The molecule has 106 valence electrons. The van der Waals surface area contributed by atoms with Crippen molar-refractivity contribution in [1.29, 1.82) is 0 Å². The Balaban J connectivity index is 1.92. The fraction of sp³-hybridized carbons (Fsp3) is 0.467. The van der Waals surface area contributed by atoms with E-state index in [-0.39, 0.29) is 0 Å². The summed E-state index contributed by atoms with van der Waals surface area (Å²) in [6.45, 7) is 8.49. The molecule has 0 aliphatic carbocycles. The molecule has 20 heavy (non-hydrogen) atoms. The molecule has 0 spiro atoms. The first-order valence-electron chi connectivity index (χ1n) is 7.22. The first kappa shape index (κ1) is 13.1. The SMILES string of the molecule is CC(C)c1nncn1-c1cccc(N2CCNCC2)c1. The van der Waals surface area contributed by atoms with Crippen molar-refractivity contribution in [1.82, 2.24) is 20.1 Å². The van der Waals surface area contributed by atoms with Crippen LogP contribution in [0.4, 0.5) is 5.69 Å². The van der Waals surface area contributed by atoms with Crippen LogP contribution < -0.4 is 10.2 Å². The van der Waals surface area contributed by atoms with Crippen LogP contribution in [-0.4, -0.2) is 40.9 Å². The van der Waals surface area contributed by atoms with Gasteiger partial charge in [-0.3, -0.25) is 4.57 Å². The standard InChI is InChI=1S/C15H21N5/c1-12(2)15-18-17-11-20(15)14-5-3-4-13(10-14)19-8-6-16-7-9-19/h3-5,10-12,16H,6-9H2,1-2H3. The quantitative estimate of drug-likeness (QED) is 0.924. The van der Waals surface area contributed by atoms with Crippen LogP contribution in [0.5, 0.6) is 0 Å². The van der Waals surface area contributed by atoms with Crippen molar-refractivity contribution in [2.24, 2.45) is 0 Å².